The molecule has 0 aliphatic carbocycles. The van der Waals surface area contributed by atoms with Gasteiger partial charge in [0.2, 0.25) is 5.91 Å². The number of nitrogens with zero attached hydrogens (tertiary/aromatic N) is 2. The summed E-state index contributed by atoms with van der Waals surface area (Å²) < 4.78 is 0. The summed E-state index contributed by atoms with van der Waals surface area (Å²) >= 11 is 0. The van der Waals surface area contributed by atoms with E-state index < -0.39 is 5.54 Å². The molecule has 5 heteroatoms. The lowest BCUT2D eigenvalue weighted by molar-refractivity contribution is -0.143. The van der Waals surface area contributed by atoms with Gasteiger partial charge in [-0.15, -0.1) is 0 Å². The summed E-state index contributed by atoms with van der Waals surface area (Å²) in [5.74, 6) is 0.125. The first-order valence-corrected chi connectivity index (χ1v) is 6.90. The first kappa shape index (κ1) is 15.4. The number of amides is 1. The van der Waals surface area contributed by atoms with E-state index in [0.29, 0.717) is 6.54 Å². The van der Waals surface area contributed by atoms with Gasteiger partial charge in [-0.1, -0.05) is 6.92 Å². The summed E-state index contributed by atoms with van der Waals surface area (Å²) in [4.78, 5) is 16.6. The van der Waals surface area contributed by atoms with E-state index in [2.05, 4.69) is 17.1 Å². The van der Waals surface area contributed by atoms with Crippen molar-refractivity contribution in [3.63, 3.8) is 0 Å². The number of aliphatic hydroxyl groups excluding tert-OH is 1. The third-order valence-electron chi connectivity index (χ3n) is 3.58. The van der Waals surface area contributed by atoms with Gasteiger partial charge >= 0.3 is 0 Å². The van der Waals surface area contributed by atoms with Crippen molar-refractivity contribution in [2.24, 2.45) is 0 Å². The second kappa shape index (κ2) is 7.07. The molecule has 0 aromatic heterocycles. The number of nitrogens with one attached hydrogen (secondary N) is 1. The number of hydrogen-bond acceptors (Lipinski definition) is 4. The minimum Gasteiger partial charge on any atom is -0.395 e. The predicted octanol–water partition coefficient (Wildman–Crippen LogP) is -0.0989. The third kappa shape index (κ3) is 3.67. The molecule has 106 valence electrons. The summed E-state index contributed by atoms with van der Waals surface area (Å²) in [6.07, 6.45) is 0.920. The maximum Gasteiger partial charge on any atom is 0.242 e. The highest BCUT2D eigenvalue weighted by atomic mass is 16.3. The molecular weight excluding hydrogens is 230 g/mol. The van der Waals surface area contributed by atoms with Crippen LogP contribution in [0.4, 0.5) is 0 Å². The molecule has 0 atom stereocenters. The van der Waals surface area contributed by atoms with Crippen molar-refractivity contribution in [2.75, 3.05) is 45.9 Å². The number of piperazine rings is 1. The molecule has 0 unspecified atom stereocenters. The molecule has 1 saturated heterocycles. The van der Waals surface area contributed by atoms with E-state index in [0.717, 1.165) is 39.1 Å². The van der Waals surface area contributed by atoms with E-state index in [1.54, 1.807) is 4.90 Å². The first-order valence-electron chi connectivity index (χ1n) is 6.90. The average molecular weight is 257 g/mol. The van der Waals surface area contributed by atoms with Crippen LogP contribution in [0.2, 0.25) is 0 Å². The molecule has 0 spiro atoms. The second-order valence-electron chi connectivity index (χ2n) is 5.31. The van der Waals surface area contributed by atoms with Crippen LogP contribution in [0.1, 0.15) is 27.2 Å². The van der Waals surface area contributed by atoms with Gasteiger partial charge in [0.1, 0.15) is 0 Å². The van der Waals surface area contributed by atoms with Gasteiger partial charge in [-0.05, 0) is 20.3 Å². The van der Waals surface area contributed by atoms with Crippen LogP contribution in [0, 0.1) is 0 Å². The molecule has 1 aliphatic rings. The Morgan fingerprint density at radius 3 is 2.44 bits per heavy atom. The Hall–Kier alpha value is -0.650. The zero-order valence-corrected chi connectivity index (χ0v) is 11.9. The quantitative estimate of drug-likeness (QED) is 0.698. The Labute approximate surface area is 110 Å². The van der Waals surface area contributed by atoms with Gasteiger partial charge in [0, 0.05) is 39.3 Å². The molecule has 0 radical (unpaired) electrons. The number of rotatable bonds is 6. The van der Waals surface area contributed by atoms with Crippen LogP contribution in [-0.2, 0) is 4.79 Å². The average Bonchev–Trinajstić information content (AvgIpc) is 2.38. The van der Waals surface area contributed by atoms with Gasteiger partial charge in [-0.2, -0.15) is 0 Å². The van der Waals surface area contributed by atoms with Crippen molar-refractivity contribution in [3.05, 3.63) is 0 Å². The maximum absolute atomic E-state index is 12.6. The molecule has 1 aliphatic heterocycles. The zero-order chi connectivity index (χ0) is 13.6. The molecule has 0 aromatic carbocycles. The highest BCUT2D eigenvalue weighted by Crippen LogP contribution is 2.18. The van der Waals surface area contributed by atoms with E-state index in [-0.39, 0.29) is 12.5 Å². The minimum atomic E-state index is -0.480. The van der Waals surface area contributed by atoms with Crippen LogP contribution in [-0.4, -0.2) is 72.2 Å². The lowest BCUT2D eigenvalue weighted by Gasteiger charge is -2.42. The summed E-state index contributed by atoms with van der Waals surface area (Å²) in [7, 11) is 0. The molecule has 2 N–H and O–H groups in total. The molecule has 5 nitrogen and oxygen atoms in total. The molecule has 0 bridgehead atoms. The topological polar surface area (TPSA) is 55.8 Å². The molecule has 0 saturated carbocycles. The van der Waals surface area contributed by atoms with Gasteiger partial charge in [0.25, 0.3) is 0 Å². The standard InChI is InChI=1S/C13H27N3O2/c1-4-7-15(10-11-17)12(18)13(2,3)16-8-5-14-6-9-16/h14,17H,4-11H2,1-3H3. The summed E-state index contributed by atoms with van der Waals surface area (Å²) in [5, 5.41) is 12.4. The highest BCUT2D eigenvalue weighted by molar-refractivity contribution is 5.85. The van der Waals surface area contributed by atoms with Gasteiger partial charge < -0.3 is 15.3 Å². The molecule has 1 fully saturated rings. The fourth-order valence-corrected chi connectivity index (χ4v) is 2.45. The van der Waals surface area contributed by atoms with Crippen molar-refractivity contribution in [1.29, 1.82) is 0 Å². The second-order valence-corrected chi connectivity index (χ2v) is 5.31. The number of hydrogen-bond donors (Lipinski definition) is 2. The van der Waals surface area contributed by atoms with E-state index in [1.165, 1.54) is 0 Å². The van der Waals surface area contributed by atoms with E-state index in [1.807, 2.05) is 13.8 Å². The summed E-state index contributed by atoms with van der Waals surface area (Å²) in [5.41, 5.74) is -0.480. The Balaban J connectivity index is 2.70. The Kier molecular flexibility index (Phi) is 6.05. The molecule has 1 heterocycles. The molecule has 1 rings (SSSR count). The number of carbonyl (C=O) groups is 1. The van der Waals surface area contributed by atoms with E-state index in [4.69, 9.17) is 5.11 Å². The zero-order valence-electron chi connectivity index (χ0n) is 11.9. The number of aliphatic hydroxyl groups is 1. The highest BCUT2D eigenvalue weighted by Gasteiger charge is 2.37. The van der Waals surface area contributed by atoms with Crippen LogP contribution in [0.5, 0.6) is 0 Å². The fourth-order valence-electron chi connectivity index (χ4n) is 2.45. The van der Waals surface area contributed by atoms with Gasteiger partial charge in [0.15, 0.2) is 0 Å². The van der Waals surface area contributed by atoms with Crippen LogP contribution in [0.25, 0.3) is 0 Å². The molecule has 18 heavy (non-hydrogen) atoms. The van der Waals surface area contributed by atoms with Gasteiger partial charge in [-0.3, -0.25) is 9.69 Å². The predicted molar refractivity (Wildman–Crippen MR) is 72.5 cm³/mol. The Morgan fingerprint density at radius 1 is 1.33 bits per heavy atom. The van der Waals surface area contributed by atoms with Crippen LogP contribution in [0.15, 0.2) is 0 Å². The smallest absolute Gasteiger partial charge is 0.242 e. The van der Waals surface area contributed by atoms with Crippen LogP contribution in [0.3, 0.4) is 0 Å². The van der Waals surface area contributed by atoms with Crippen molar-refractivity contribution in [2.45, 2.75) is 32.7 Å². The lowest BCUT2D eigenvalue weighted by atomic mass is 9.99. The van der Waals surface area contributed by atoms with E-state index in [9.17, 15) is 4.79 Å². The lowest BCUT2D eigenvalue weighted by Crippen LogP contribution is -2.61. The summed E-state index contributed by atoms with van der Waals surface area (Å²) in [6.45, 7) is 10.9. The van der Waals surface area contributed by atoms with Crippen molar-refractivity contribution in [3.8, 4) is 0 Å². The number of carbonyl (C=O) groups excluding carboxylic acids is 1. The van der Waals surface area contributed by atoms with Crippen LogP contribution >= 0.6 is 0 Å². The Bertz CT molecular complexity index is 257. The normalized spacial score (nSPS) is 17.8. The van der Waals surface area contributed by atoms with Gasteiger partial charge in [-0.25, -0.2) is 0 Å². The van der Waals surface area contributed by atoms with Crippen LogP contribution < -0.4 is 5.32 Å². The third-order valence-corrected chi connectivity index (χ3v) is 3.58. The maximum atomic E-state index is 12.6. The molecule has 1 amide bonds. The largest absolute Gasteiger partial charge is 0.395 e. The van der Waals surface area contributed by atoms with Crippen molar-refractivity contribution in [1.82, 2.24) is 15.1 Å². The summed E-state index contributed by atoms with van der Waals surface area (Å²) in [6, 6.07) is 0. The van der Waals surface area contributed by atoms with Crippen molar-refractivity contribution >= 4 is 5.91 Å². The van der Waals surface area contributed by atoms with Gasteiger partial charge in [0.05, 0.1) is 12.1 Å². The minimum absolute atomic E-state index is 0.0311. The monoisotopic (exact) mass is 257 g/mol. The Morgan fingerprint density at radius 2 is 1.94 bits per heavy atom. The SMILES string of the molecule is CCCN(CCO)C(=O)C(C)(C)N1CCNCC1. The van der Waals surface area contributed by atoms with Crippen molar-refractivity contribution < 1.29 is 9.90 Å². The first-order chi connectivity index (χ1) is 8.54. The van der Waals surface area contributed by atoms with E-state index >= 15 is 0 Å². The molecule has 0 aromatic rings. The molecular formula is C13H27N3O2. The fraction of sp³-hybridized carbons (Fsp3) is 0.923.